The molecule has 0 radical (unpaired) electrons. The standard InChI is InChI=1S/C22H21N5O4/c1-14(16-6-7-19-18(11-16)26-20(28)13-31-19)24-21(29)25-17-5-2-4-15(10-17)12-27-9-3-8-23-22(27)30/h2-11,14H,12-13H2,1H3,(H,26,28)(H2,24,25,29)/t14-/m0/s1. The predicted octanol–water partition coefficient (Wildman–Crippen LogP) is 2.51. The highest BCUT2D eigenvalue weighted by Gasteiger charge is 2.18. The highest BCUT2D eigenvalue weighted by molar-refractivity contribution is 5.95. The number of aromatic nitrogens is 2. The molecule has 3 aromatic rings. The molecule has 1 aliphatic rings. The average molecular weight is 419 g/mol. The second-order valence-corrected chi connectivity index (χ2v) is 7.14. The van der Waals surface area contributed by atoms with Gasteiger partial charge in [0.1, 0.15) is 5.75 Å². The first-order valence-corrected chi connectivity index (χ1v) is 9.72. The molecule has 0 aliphatic carbocycles. The molecule has 9 nitrogen and oxygen atoms in total. The number of rotatable bonds is 5. The van der Waals surface area contributed by atoms with E-state index in [1.807, 2.05) is 25.1 Å². The topological polar surface area (TPSA) is 114 Å². The Hall–Kier alpha value is -4.14. The fourth-order valence-electron chi connectivity index (χ4n) is 3.27. The molecule has 0 spiro atoms. The van der Waals surface area contributed by atoms with Crippen molar-refractivity contribution in [3.8, 4) is 5.75 Å². The highest BCUT2D eigenvalue weighted by Crippen LogP contribution is 2.30. The van der Waals surface area contributed by atoms with Gasteiger partial charge in [-0.1, -0.05) is 18.2 Å². The molecule has 2 heterocycles. The Kier molecular flexibility index (Phi) is 5.65. The third-order valence-corrected chi connectivity index (χ3v) is 4.80. The van der Waals surface area contributed by atoms with Gasteiger partial charge in [0.15, 0.2) is 6.61 Å². The van der Waals surface area contributed by atoms with E-state index < -0.39 is 0 Å². The summed E-state index contributed by atoms with van der Waals surface area (Å²) >= 11 is 0. The summed E-state index contributed by atoms with van der Waals surface area (Å²) in [5, 5.41) is 8.43. The minimum Gasteiger partial charge on any atom is -0.482 e. The van der Waals surface area contributed by atoms with Gasteiger partial charge in [-0.25, -0.2) is 14.6 Å². The Labute approximate surface area is 178 Å². The maximum Gasteiger partial charge on any atom is 0.347 e. The summed E-state index contributed by atoms with van der Waals surface area (Å²) in [5.74, 6) is 0.390. The number of ether oxygens (including phenoxy) is 1. The molecule has 2 aromatic carbocycles. The van der Waals surface area contributed by atoms with Crippen LogP contribution in [0.4, 0.5) is 16.2 Å². The summed E-state index contributed by atoms with van der Waals surface area (Å²) in [6, 6.07) is 13.7. The molecule has 4 rings (SSSR count). The van der Waals surface area contributed by atoms with Crippen molar-refractivity contribution < 1.29 is 14.3 Å². The summed E-state index contributed by atoms with van der Waals surface area (Å²) in [7, 11) is 0. The highest BCUT2D eigenvalue weighted by atomic mass is 16.5. The molecule has 0 saturated heterocycles. The Morgan fingerprint density at radius 1 is 1.23 bits per heavy atom. The van der Waals surface area contributed by atoms with Gasteiger partial charge >= 0.3 is 11.7 Å². The third-order valence-electron chi connectivity index (χ3n) is 4.80. The molecular weight excluding hydrogens is 398 g/mol. The van der Waals surface area contributed by atoms with Gasteiger partial charge in [0.25, 0.3) is 5.91 Å². The van der Waals surface area contributed by atoms with E-state index in [0.29, 0.717) is 23.7 Å². The zero-order valence-corrected chi connectivity index (χ0v) is 16.8. The van der Waals surface area contributed by atoms with Crippen molar-refractivity contribution in [1.82, 2.24) is 14.9 Å². The number of nitrogens with zero attached hydrogens (tertiary/aromatic N) is 2. The van der Waals surface area contributed by atoms with Crippen LogP contribution in [0.2, 0.25) is 0 Å². The van der Waals surface area contributed by atoms with Gasteiger partial charge in [0.05, 0.1) is 18.3 Å². The van der Waals surface area contributed by atoms with Crippen LogP contribution in [0.5, 0.6) is 5.75 Å². The number of amides is 3. The lowest BCUT2D eigenvalue weighted by Crippen LogP contribution is -2.31. The van der Waals surface area contributed by atoms with Crippen LogP contribution in [0.3, 0.4) is 0 Å². The van der Waals surface area contributed by atoms with E-state index in [4.69, 9.17) is 4.74 Å². The Morgan fingerprint density at radius 2 is 2.10 bits per heavy atom. The first-order valence-electron chi connectivity index (χ1n) is 9.72. The molecule has 31 heavy (non-hydrogen) atoms. The Balaban J connectivity index is 1.40. The number of urea groups is 1. The number of fused-ring (bicyclic) bond motifs is 1. The number of carbonyl (C=O) groups is 2. The lowest BCUT2D eigenvalue weighted by molar-refractivity contribution is -0.118. The van der Waals surface area contributed by atoms with E-state index in [-0.39, 0.29) is 30.3 Å². The predicted molar refractivity (Wildman–Crippen MR) is 115 cm³/mol. The largest absolute Gasteiger partial charge is 0.482 e. The van der Waals surface area contributed by atoms with Crippen LogP contribution in [0.15, 0.2) is 65.7 Å². The molecule has 1 aliphatic heterocycles. The molecule has 1 aromatic heterocycles. The number of carbonyl (C=O) groups excluding carboxylic acids is 2. The van der Waals surface area contributed by atoms with E-state index in [1.165, 1.54) is 10.8 Å². The summed E-state index contributed by atoms with van der Waals surface area (Å²) in [6.07, 6.45) is 3.11. The lowest BCUT2D eigenvalue weighted by atomic mass is 10.1. The zero-order chi connectivity index (χ0) is 21.8. The van der Waals surface area contributed by atoms with Crippen LogP contribution in [0.1, 0.15) is 24.1 Å². The molecule has 0 saturated carbocycles. The molecule has 1 atom stereocenters. The third kappa shape index (κ3) is 4.89. The van der Waals surface area contributed by atoms with E-state index in [9.17, 15) is 14.4 Å². The number of benzene rings is 2. The van der Waals surface area contributed by atoms with E-state index in [0.717, 1.165) is 11.1 Å². The molecule has 0 fully saturated rings. The van der Waals surface area contributed by atoms with Gasteiger partial charge in [-0.15, -0.1) is 0 Å². The van der Waals surface area contributed by atoms with Gasteiger partial charge in [-0.2, -0.15) is 0 Å². The van der Waals surface area contributed by atoms with Gasteiger partial charge < -0.3 is 20.7 Å². The number of anilines is 2. The Bertz CT molecular complexity index is 1190. The molecular formula is C22H21N5O4. The van der Waals surface area contributed by atoms with Gasteiger partial charge in [0.2, 0.25) is 0 Å². The first kappa shape index (κ1) is 20.1. The van der Waals surface area contributed by atoms with Crippen molar-refractivity contribution in [2.45, 2.75) is 19.5 Å². The maximum absolute atomic E-state index is 12.5. The van der Waals surface area contributed by atoms with Crippen LogP contribution in [0, 0.1) is 0 Å². The van der Waals surface area contributed by atoms with Crippen LogP contribution < -0.4 is 26.4 Å². The normalized spacial score (nSPS) is 13.4. The fraction of sp³-hybridized carbons (Fsp3) is 0.182. The van der Waals surface area contributed by atoms with Crippen LogP contribution in [-0.2, 0) is 11.3 Å². The Morgan fingerprint density at radius 3 is 2.94 bits per heavy atom. The number of nitrogens with one attached hydrogen (secondary N) is 3. The number of hydrogen-bond donors (Lipinski definition) is 3. The van der Waals surface area contributed by atoms with E-state index in [1.54, 1.807) is 36.5 Å². The van der Waals surface area contributed by atoms with Crippen molar-refractivity contribution in [3.05, 3.63) is 82.5 Å². The zero-order valence-electron chi connectivity index (χ0n) is 16.8. The SMILES string of the molecule is C[C@H](NC(=O)Nc1cccc(Cn2cccnc2=O)c1)c1ccc2c(c1)NC(=O)CO2. The second kappa shape index (κ2) is 8.70. The maximum atomic E-state index is 12.5. The molecule has 9 heteroatoms. The molecule has 158 valence electrons. The van der Waals surface area contributed by atoms with Crippen LogP contribution in [0.25, 0.3) is 0 Å². The summed E-state index contributed by atoms with van der Waals surface area (Å²) in [5.41, 5.74) is 2.53. The molecule has 3 N–H and O–H groups in total. The van der Waals surface area contributed by atoms with Gasteiger partial charge in [-0.3, -0.25) is 9.36 Å². The van der Waals surface area contributed by atoms with Gasteiger partial charge in [-0.05, 0) is 48.4 Å². The monoisotopic (exact) mass is 419 g/mol. The van der Waals surface area contributed by atoms with Crippen molar-refractivity contribution >= 4 is 23.3 Å². The van der Waals surface area contributed by atoms with E-state index >= 15 is 0 Å². The first-order chi connectivity index (χ1) is 15.0. The minimum absolute atomic E-state index is 0.00294. The van der Waals surface area contributed by atoms with Crippen molar-refractivity contribution in [2.24, 2.45) is 0 Å². The van der Waals surface area contributed by atoms with Crippen LogP contribution in [-0.4, -0.2) is 28.1 Å². The summed E-state index contributed by atoms with van der Waals surface area (Å²) in [4.78, 5) is 39.5. The van der Waals surface area contributed by atoms with Crippen molar-refractivity contribution in [3.63, 3.8) is 0 Å². The lowest BCUT2D eigenvalue weighted by Gasteiger charge is -2.21. The minimum atomic E-state index is -0.374. The average Bonchev–Trinajstić information content (AvgIpc) is 2.75. The van der Waals surface area contributed by atoms with Crippen molar-refractivity contribution in [2.75, 3.05) is 17.2 Å². The van der Waals surface area contributed by atoms with E-state index in [2.05, 4.69) is 20.9 Å². The summed E-state index contributed by atoms with van der Waals surface area (Å²) in [6.45, 7) is 2.19. The molecule has 0 bridgehead atoms. The van der Waals surface area contributed by atoms with Crippen LogP contribution >= 0.6 is 0 Å². The smallest absolute Gasteiger partial charge is 0.347 e. The molecule has 3 amide bonds. The quantitative estimate of drug-likeness (QED) is 0.588. The fourth-order valence-corrected chi connectivity index (χ4v) is 3.27. The second-order valence-electron chi connectivity index (χ2n) is 7.14. The van der Waals surface area contributed by atoms with Gasteiger partial charge in [0, 0.05) is 18.1 Å². The summed E-state index contributed by atoms with van der Waals surface area (Å²) < 4.78 is 6.84. The number of hydrogen-bond acceptors (Lipinski definition) is 5. The van der Waals surface area contributed by atoms with Crippen molar-refractivity contribution in [1.29, 1.82) is 0 Å². The molecule has 0 unspecified atom stereocenters.